The number of benzene rings is 1. The van der Waals surface area contributed by atoms with E-state index in [1.807, 2.05) is 13.8 Å². The van der Waals surface area contributed by atoms with Gasteiger partial charge in [0.25, 0.3) is 5.91 Å². The van der Waals surface area contributed by atoms with Gasteiger partial charge in [-0.15, -0.1) is 0 Å². The molecule has 1 N–H and O–H groups in total. The quantitative estimate of drug-likeness (QED) is 0.488. The van der Waals surface area contributed by atoms with Crippen molar-refractivity contribution in [3.05, 3.63) is 71.8 Å². The summed E-state index contributed by atoms with van der Waals surface area (Å²) >= 11 is 0. The summed E-state index contributed by atoms with van der Waals surface area (Å²) in [5.74, 6) is -3.05. The number of nitrogens with zero attached hydrogens (tertiary/aromatic N) is 3. The first-order chi connectivity index (χ1) is 15.7. The molecule has 33 heavy (non-hydrogen) atoms. The standard InChI is InChI=1S/C25H25F3N4O/c1-15(2)23-30-13-18(14-31-23)24(33)32-22-20(17-4-3-5-19(26)12-17)8-11-29-21(22)16-6-9-25(27,28)10-7-16/h3-5,8,11-16H,6-7,9-10H2,1-2H3,(H,32,33). The molecule has 1 saturated carbocycles. The fraction of sp³-hybridized carbons (Fsp3) is 0.360. The normalized spacial score (nSPS) is 16.1. The Hall–Kier alpha value is -3.29. The van der Waals surface area contributed by atoms with Gasteiger partial charge in [0.05, 0.1) is 16.9 Å². The summed E-state index contributed by atoms with van der Waals surface area (Å²) in [4.78, 5) is 26.0. The van der Waals surface area contributed by atoms with Crippen LogP contribution in [0.4, 0.5) is 18.9 Å². The van der Waals surface area contributed by atoms with E-state index in [0.29, 0.717) is 28.3 Å². The fourth-order valence-electron chi connectivity index (χ4n) is 4.07. The van der Waals surface area contributed by atoms with Crippen LogP contribution in [-0.4, -0.2) is 26.8 Å². The van der Waals surface area contributed by atoms with Gasteiger partial charge in [-0.2, -0.15) is 0 Å². The fourth-order valence-corrected chi connectivity index (χ4v) is 4.07. The van der Waals surface area contributed by atoms with Crippen molar-refractivity contribution in [2.75, 3.05) is 5.32 Å². The molecule has 2 heterocycles. The van der Waals surface area contributed by atoms with Crippen molar-refractivity contribution in [3.63, 3.8) is 0 Å². The molecule has 0 atom stereocenters. The summed E-state index contributed by atoms with van der Waals surface area (Å²) < 4.78 is 41.5. The summed E-state index contributed by atoms with van der Waals surface area (Å²) in [6, 6.07) is 7.69. The van der Waals surface area contributed by atoms with Crippen LogP contribution in [0.2, 0.25) is 0 Å². The maximum Gasteiger partial charge on any atom is 0.258 e. The van der Waals surface area contributed by atoms with Crippen molar-refractivity contribution >= 4 is 11.6 Å². The zero-order valence-corrected chi connectivity index (χ0v) is 18.5. The number of rotatable bonds is 5. The highest BCUT2D eigenvalue weighted by atomic mass is 19.3. The van der Waals surface area contributed by atoms with Gasteiger partial charge in [-0.3, -0.25) is 9.78 Å². The topological polar surface area (TPSA) is 67.8 Å². The molecule has 0 aliphatic heterocycles. The summed E-state index contributed by atoms with van der Waals surface area (Å²) in [5.41, 5.74) is 2.32. The first kappa shape index (κ1) is 22.9. The molecule has 2 aromatic heterocycles. The Balaban J connectivity index is 1.72. The number of nitrogens with one attached hydrogen (secondary N) is 1. The van der Waals surface area contributed by atoms with Crippen LogP contribution in [0.3, 0.4) is 0 Å². The van der Waals surface area contributed by atoms with Crippen LogP contribution in [0.15, 0.2) is 48.9 Å². The second-order valence-electron chi connectivity index (χ2n) is 8.70. The Kier molecular flexibility index (Phi) is 6.44. The number of carbonyl (C=O) groups excluding carboxylic acids is 1. The van der Waals surface area contributed by atoms with E-state index in [1.54, 1.807) is 24.4 Å². The van der Waals surface area contributed by atoms with Gasteiger partial charge in [-0.05, 0) is 36.6 Å². The number of carbonyl (C=O) groups is 1. The largest absolute Gasteiger partial charge is 0.320 e. The molecule has 1 aromatic carbocycles. The number of halogens is 3. The highest BCUT2D eigenvalue weighted by molar-refractivity contribution is 6.06. The third-order valence-corrected chi connectivity index (χ3v) is 5.91. The summed E-state index contributed by atoms with van der Waals surface area (Å²) in [6.45, 7) is 3.91. The Labute approximate surface area is 190 Å². The Morgan fingerprint density at radius 2 is 1.79 bits per heavy atom. The van der Waals surface area contributed by atoms with Crippen molar-refractivity contribution in [3.8, 4) is 11.1 Å². The van der Waals surface area contributed by atoms with Crippen LogP contribution in [0.1, 0.15) is 73.2 Å². The Morgan fingerprint density at radius 1 is 1.09 bits per heavy atom. The number of aromatic nitrogens is 3. The molecular formula is C25H25F3N4O. The van der Waals surface area contributed by atoms with Crippen LogP contribution in [0.25, 0.3) is 11.1 Å². The van der Waals surface area contributed by atoms with Gasteiger partial charge in [0.2, 0.25) is 5.92 Å². The molecule has 172 valence electrons. The predicted octanol–water partition coefficient (Wildman–Crippen LogP) is 6.35. The molecule has 4 rings (SSSR count). The number of alkyl halides is 2. The highest BCUT2D eigenvalue weighted by Gasteiger charge is 2.37. The molecule has 1 aliphatic rings. The van der Waals surface area contributed by atoms with Crippen molar-refractivity contribution in [2.24, 2.45) is 0 Å². The molecule has 0 bridgehead atoms. The summed E-state index contributed by atoms with van der Waals surface area (Å²) in [7, 11) is 0. The number of amides is 1. The second-order valence-corrected chi connectivity index (χ2v) is 8.70. The number of anilines is 1. The zero-order valence-electron chi connectivity index (χ0n) is 18.5. The molecule has 8 heteroatoms. The maximum atomic E-state index is 14.0. The van der Waals surface area contributed by atoms with Gasteiger partial charge < -0.3 is 5.32 Å². The predicted molar refractivity (Wildman–Crippen MR) is 120 cm³/mol. The average molecular weight is 454 g/mol. The Bertz CT molecular complexity index is 1140. The minimum absolute atomic E-state index is 0.121. The molecular weight excluding hydrogens is 429 g/mol. The van der Waals surface area contributed by atoms with Crippen molar-refractivity contribution in [2.45, 2.75) is 57.3 Å². The average Bonchev–Trinajstić information content (AvgIpc) is 2.79. The van der Waals surface area contributed by atoms with E-state index in [1.165, 1.54) is 24.5 Å². The lowest BCUT2D eigenvalue weighted by Crippen LogP contribution is -2.25. The number of hydrogen-bond donors (Lipinski definition) is 1. The molecule has 1 fully saturated rings. The monoisotopic (exact) mass is 454 g/mol. The minimum atomic E-state index is -2.68. The smallest absolute Gasteiger partial charge is 0.258 e. The third kappa shape index (κ3) is 5.21. The minimum Gasteiger partial charge on any atom is -0.320 e. The zero-order chi connectivity index (χ0) is 23.6. The second kappa shape index (κ2) is 9.29. The van der Waals surface area contributed by atoms with E-state index in [2.05, 4.69) is 20.3 Å². The summed E-state index contributed by atoms with van der Waals surface area (Å²) in [5, 5.41) is 2.89. The van der Waals surface area contributed by atoms with Gasteiger partial charge in [0.1, 0.15) is 11.6 Å². The van der Waals surface area contributed by atoms with Crippen LogP contribution < -0.4 is 5.32 Å². The Morgan fingerprint density at radius 3 is 2.42 bits per heavy atom. The SMILES string of the molecule is CC(C)c1ncc(C(=O)Nc2c(-c3cccc(F)c3)ccnc2C2CCC(F)(F)CC2)cn1. The van der Waals surface area contributed by atoms with Crippen LogP contribution in [-0.2, 0) is 0 Å². The lowest BCUT2D eigenvalue weighted by atomic mass is 9.83. The van der Waals surface area contributed by atoms with Crippen molar-refractivity contribution in [1.29, 1.82) is 0 Å². The number of hydrogen-bond acceptors (Lipinski definition) is 4. The van der Waals surface area contributed by atoms with E-state index >= 15 is 0 Å². The van der Waals surface area contributed by atoms with E-state index in [-0.39, 0.29) is 43.1 Å². The molecule has 0 radical (unpaired) electrons. The van der Waals surface area contributed by atoms with E-state index in [0.717, 1.165) is 0 Å². The van der Waals surface area contributed by atoms with Gasteiger partial charge in [0.15, 0.2) is 0 Å². The summed E-state index contributed by atoms with van der Waals surface area (Å²) in [6.07, 6.45) is 4.51. The van der Waals surface area contributed by atoms with Crippen LogP contribution in [0.5, 0.6) is 0 Å². The van der Waals surface area contributed by atoms with Gasteiger partial charge >= 0.3 is 0 Å². The molecule has 5 nitrogen and oxygen atoms in total. The lowest BCUT2D eigenvalue weighted by Gasteiger charge is -2.29. The molecule has 0 unspecified atom stereocenters. The molecule has 0 spiro atoms. The first-order valence-electron chi connectivity index (χ1n) is 11.0. The van der Waals surface area contributed by atoms with Crippen LogP contribution >= 0.6 is 0 Å². The molecule has 0 saturated heterocycles. The van der Waals surface area contributed by atoms with Crippen molar-refractivity contribution < 1.29 is 18.0 Å². The highest BCUT2D eigenvalue weighted by Crippen LogP contribution is 2.44. The maximum absolute atomic E-state index is 14.0. The lowest BCUT2D eigenvalue weighted by molar-refractivity contribution is -0.0384. The first-order valence-corrected chi connectivity index (χ1v) is 11.0. The van der Waals surface area contributed by atoms with Gasteiger partial charge in [0, 0.05) is 48.8 Å². The van der Waals surface area contributed by atoms with E-state index in [4.69, 9.17) is 0 Å². The van der Waals surface area contributed by atoms with Crippen molar-refractivity contribution in [1.82, 2.24) is 15.0 Å². The third-order valence-electron chi connectivity index (χ3n) is 5.91. The number of pyridine rings is 1. The molecule has 3 aromatic rings. The van der Waals surface area contributed by atoms with E-state index < -0.39 is 17.6 Å². The molecule has 1 amide bonds. The van der Waals surface area contributed by atoms with Gasteiger partial charge in [-0.25, -0.2) is 23.1 Å². The van der Waals surface area contributed by atoms with Crippen LogP contribution in [0, 0.1) is 5.82 Å². The molecule has 1 aliphatic carbocycles. The van der Waals surface area contributed by atoms with E-state index in [9.17, 15) is 18.0 Å². The van der Waals surface area contributed by atoms with Gasteiger partial charge in [-0.1, -0.05) is 26.0 Å².